The van der Waals surface area contributed by atoms with Crippen molar-refractivity contribution in [2.24, 2.45) is 0 Å². The fraction of sp³-hybridized carbons (Fsp3) is 0.312. The van der Waals surface area contributed by atoms with Crippen molar-refractivity contribution < 1.29 is 14.6 Å². The molecule has 2 N–H and O–H groups in total. The Kier molecular flexibility index (Phi) is 5.54. The molecular weight excluding hydrogens is 268 g/mol. The zero-order chi connectivity index (χ0) is 15.1. The van der Waals surface area contributed by atoms with Crippen LogP contribution in [0.15, 0.2) is 48.8 Å². The predicted octanol–water partition coefficient (Wildman–Crippen LogP) is 1.60. The van der Waals surface area contributed by atoms with Gasteiger partial charge in [-0.3, -0.25) is 4.79 Å². The second kappa shape index (κ2) is 7.61. The molecule has 1 aromatic heterocycles. The molecule has 0 aliphatic heterocycles. The number of ether oxygens (including phenoxy) is 1. The van der Waals surface area contributed by atoms with Crippen LogP contribution < -0.4 is 5.32 Å². The largest absolute Gasteiger partial charge is 0.391 e. The van der Waals surface area contributed by atoms with Crippen molar-refractivity contribution in [1.29, 1.82) is 0 Å². The fourth-order valence-electron chi connectivity index (χ4n) is 2.02. The van der Waals surface area contributed by atoms with Gasteiger partial charge in [-0.25, -0.2) is 0 Å². The number of aromatic nitrogens is 1. The van der Waals surface area contributed by atoms with E-state index in [4.69, 9.17) is 4.74 Å². The van der Waals surface area contributed by atoms with Gasteiger partial charge in [-0.1, -0.05) is 0 Å². The highest BCUT2D eigenvalue weighted by molar-refractivity contribution is 5.94. The van der Waals surface area contributed by atoms with Crippen LogP contribution in [0.3, 0.4) is 0 Å². The lowest BCUT2D eigenvalue weighted by molar-refractivity contribution is 0.0587. The molecule has 2 rings (SSSR count). The number of aliphatic hydroxyl groups is 1. The van der Waals surface area contributed by atoms with Crippen LogP contribution in [-0.2, 0) is 4.74 Å². The average Bonchev–Trinajstić information content (AvgIpc) is 3.02. The van der Waals surface area contributed by atoms with Gasteiger partial charge in [-0.05, 0) is 42.8 Å². The highest BCUT2D eigenvalue weighted by Crippen LogP contribution is 2.10. The van der Waals surface area contributed by atoms with Crippen LogP contribution in [-0.4, -0.2) is 41.9 Å². The molecule has 1 unspecified atom stereocenters. The van der Waals surface area contributed by atoms with E-state index >= 15 is 0 Å². The maximum absolute atomic E-state index is 12.0. The number of amides is 1. The van der Waals surface area contributed by atoms with Crippen molar-refractivity contribution in [3.05, 3.63) is 54.4 Å². The maximum Gasteiger partial charge on any atom is 0.251 e. The number of methoxy groups -OCH3 is 1. The quantitative estimate of drug-likeness (QED) is 0.813. The molecule has 0 radical (unpaired) electrons. The summed E-state index contributed by atoms with van der Waals surface area (Å²) < 4.78 is 6.80. The normalized spacial score (nSPS) is 12.1. The van der Waals surface area contributed by atoms with Gasteiger partial charge in [0.15, 0.2) is 0 Å². The molecule has 0 spiro atoms. The van der Waals surface area contributed by atoms with Crippen LogP contribution in [0.2, 0.25) is 0 Å². The van der Waals surface area contributed by atoms with Crippen molar-refractivity contribution in [2.75, 3.05) is 20.3 Å². The molecule has 2 aromatic rings. The van der Waals surface area contributed by atoms with Gasteiger partial charge < -0.3 is 19.7 Å². The number of hydrogen-bond donors (Lipinski definition) is 2. The van der Waals surface area contributed by atoms with Gasteiger partial charge in [0, 0.05) is 37.3 Å². The lowest BCUT2D eigenvalue weighted by atomic mass is 10.2. The second-order valence-electron chi connectivity index (χ2n) is 4.79. The van der Waals surface area contributed by atoms with Crippen molar-refractivity contribution in [3.8, 4) is 5.69 Å². The average molecular weight is 288 g/mol. The van der Waals surface area contributed by atoms with Gasteiger partial charge in [-0.2, -0.15) is 0 Å². The molecule has 5 heteroatoms. The van der Waals surface area contributed by atoms with Gasteiger partial charge in [-0.15, -0.1) is 0 Å². The zero-order valence-corrected chi connectivity index (χ0v) is 12.0. The van der Waals surface area contributed by atoms with Gasteiger partial charge in [0.1, 0.15) is 0 Å². The van der Waals surface area contributed by atoms with Gasteiger partial charge in [0.05, 0.1) is 12.7 Å². The predicted molar refractivity (Wildman–Crippen MR) is 80.6 cm³/mol. The summed E-state index contributed by atoms with van der Waals surface area (Å²) in [5, 5.41) is 12.3. The van der Waals surface area contributed by atoms with Crippen LogP contribution in [0.5, 0.6) is 0 Å². The molecule has 21 heavy (non-hydrogen) atoms. The Bertz CT molecular complexity index is 549. The fourth-order valence-corrected chi connectivity index (χ4v) is 2.02. The highest BCUT2D eigenvalue weighted by atomic mass is 16.5. The Balaban J connectivity index is 1.85. The molecule has 1 atom stereocenters. The van der Waals surface area contributed by atoms with E-state index in [1.54, 1.807) is 12.1 Å². The Labute approximate surface area is 124 Å². The molecule has 0 saturated heterocycles. The summed E-state index contributed by atoms with van der Waals surface area (Å²) in [5.74, 6) is -0.140. The molecule has 1 aromatic carbocycles. The van der Waals surface area contributed by atoms with Gasteiger partial charge in [0.25, 0.3) is 5.91 Å². The van der Waals surface area contributed by atoms with E-state index in [0.717, 1.165) is 5.69 Å². The van der Waals surface area contributed by atoms with Gasteiger partial charge in [0.2, 0.25) is 0 Å². The number of hydrogen-bond acceptors (Lipinski definition) is 3. The monoisotopic (exact) mass is 288 g/mol. The van der Waals surface area contributed by atoms with Crippen LogP contribution in [0.4, 0.5) is 0 Å². The molecule has 0 aliphatic rings. The minimum atomic E-state index is -0.550. The van der Waals surface area contributed by atoms with Crippen molar-refractivity contribution in [1.82, 2.24) is 9.88 Å². The van der Waals surface area contributed by atoms with Gasteiger partial charge >= 0.3 is 0 Å². The Morgan fingerprint density at radius 1 is 1.29 bits per heavy atom. The van der Waals surface area contributed by atoms with Crippen molar-refractivity contribution in [2.45, 2.75) is 12.5 Å². The van der Waals surface area contributed by atoms with E-state index in [0.29, 0.717) is 18.5 Å². The molecular formula is C16H20N2O3. The van der Waals surface area contributed by atoms with Crippen LogP contribution >= 0.6 is 0 Å². The highest BCUT2D eigenvalue weighted by Gasteiger charge is 2.07. The molecule has 5 nitrogen and oxygen atoms in total. The van der Waals surface area contributed by atoms with E-state index in [1.807, 2.05) is 41.2 Å². The maximum atomic E-state index is 12.0. The molecule has 0 fully saturated rings. The third-order valence-corrected chi connectivity index (χ3v) is 3.15. The molecule has 0 saturated carbocycles. The number of carbonyl (C=O) groups excluding carboxylic acids is 1. The molecule has 0 aliphatic carbocycles. The number of rotatable bonds is 7. The first kappa shape index (κ1) is 15.3. The number of nitrogens with zero attached hydrogens (tertiary/aromatic N) is 1. The third-order valence-electron chi connectivity index (χ3n) is 3.15. The molecule has 112 valence electrons. The van der Waals surface area contributed by atoms with E-state index in [2.05, 4.69) is 5.32 Å². The van der Waals surface area contributed by atoms with Crippen molar-refractivity contribution >= 4 is 5.91 Å². The Morgan fingerprint density at radius 2 is 1.95 bits per heavy atom. The molecule has 0 bridgehead atoms. The summed E-state index contributed by atoms with van der Waals surface area (Å²) in [6.07, 6.45) is 3.82. The van der Waals surface area contributed by atoms with E-state index < -0.39 is 6.10 Å². The third kappa shape index (κ3) is 4.44. The topological polar surface area (TPSA) is 63.5 Å². The number of benzene rings is 1. The van der Waals surface area contributed by atoms with Crippen molar-refractivity contribution in [3.63, 3.8) is 0 Å². The van der Waals surface area contributed by atoms with E-state index in [1.165, 1.54) is 7.11 Å². The Hall–Kier alpha value is -2.11. The smallest absolute Gasteiger partial charge is 0.251 e. The lowest BCUT2D eigenvalue weighted by Gasteiger charge is -2.10. The summed E-state index contributed by atoms with van der Waals surface area (Å²) in [6.45, 7) is 0.699. The minimum Gasteiger partial charge on any atom is -0.391 e. The number of nitrogens with one attached hydrogen (secondary N) is 1. The minimum absolute atomic E-state index is 0.140. The first-order chi connectivity index (χ1) is 10.2. The van der Waals surface area contributed by atoms with E-state index in [9.17, 15) is 9.90 Å². The summed E-state index contributed by atoms with van der Waals surface area (Å²) >= 11 is 0. The van der Waals surface area contributed by atoms with Crippen LogP contribution in [0, 0.1) is 0 Å². The zero-order valence-electron chi connectivity index (χ0n) is 12.0. The Morgan fingerprint density at radius 3 is 2.57 bits per heavy atom. The molecule has 1 amide bonds. The number of carbonyl (C=O) groups is 1. The second-order valence-corrected chi connectivity index (χ2v) is 4.79. The summed E-state index contributed by atoms with van der Waals surface area (Å²) in [5.41, 5.74) is 1.61. The first-order valence-corrected chi connectivity index (χ1v) is 6.89. The van der Waals surface area contributed by atoms with Crippen LogP contribution in [0.25, 0.3) is 5.69 Å². The summed E-state index contributed by atoms with van der Waals surface area (Å²) in [7, 11) is 1.54. The standard InChI is InChI=1S/C16H20N2O3/c1-21-12-15(19)8-9-17-16(20)13-4-6-14(7-5-13)18-10-2-3-11-18/h2-7,10-11,15,19H,8-9,12H2,1H3,(H,17,20). The molecule has 1 heterocycles. The summed E-state index contributed by atoms with van der Waals surface area (Å²) in [4.78, 5) is 12.0. The lowest BCUT2D eigenvalue weighted by Crippen LogP contribution is -2.28. The number of aliphatic hydroxyl groups excluding tert-OH is 1. The SMILES string of the molecule is COCC(O)CCNC(=O)c1ccc(-n2cccc2)cc1. The van der Waals surface area contributed by atoms with E-state index in [-0.39, 0.29) is 12.5 Å². The van der Waals surface area contributed by atoms with Crippen LogP contribution in [0.1, 0.15) is 16.8 Å². The summed E-state index contributed by atoms with van der Waals surface area (Å²) in [6, 6.07) is 11.3. The first-order valence-electron chi connectivity index (χ1n) is 6.89.